The van der Waals surface area contributed by atoms with Crippen molar-refractivity contribution >= 4 is 0 Å². The van der Waals surface area contributed by atoms with E-state index in [1.807, 2.05) is 0 Å². The van der Waals surface area contributed by atoms with Gasteiger partial charge in [0, 0.05) is 32.2 Å². The largest absolute Gasteiger partial charge is 0.314 e. The second kappa shape index (κ2) is 7.03. The molecule has 1 saturated heterocycles. The highest BCUT2D eigenvalue weighted by molar-refractivity contribution is 5.20. The third kappa shape index (κ3) is 3.54. The lowest BCUT2D eigenvalue weighted by molar-refractivity contribution is 0.147. The van der Waals surface area contributed by atoms with Crippen molar-refractivity contribution in [3.05, 3.63) is 48.0 Å². The van der Waals surface area contributed by atoms with Gasteiger partial charge in [0.25, 0.3) is 0 Å². The molecular formula is C17H25N5. The average molecular weight is 299 g/mol. The summed E-state index contributed by atoms with van der Waals surface area (Å²) in [6, 6.07) is 11.1. The van der Waals surface area contributed by atoms with Crippen molar-refractivity contribution in [3.63, 3.8) is 0 Å². The first-order valence-electron chi connectivity index (χ1n) is 8.10. The molecule has 0 amide bonds. The van der Waals surface area contributed by atoms with E-state index >= 15 is 0 Å². The number of rotatable bonds is 5. The second-order valence-corrected chi connectivity index (χ2v) is 6.35. The Balaban J connectivity index is 1.76. The Labute approximate surface area is 132 Å². The van der Waals surface area contributed by atoms with Gasteiger partial charge in [-0.15, -0.1) is 0 Å². The summed E-state index contributed by atoms with van der Waals surface area (Å²) in [6.07, 6.45) is 1.68. The minimum Gasteiger partial charge on any atom is -0.314 e. The number of benzene rings is 1. The van der Waals surface area contributed by atoms with E-state index in [1.54, 1.807) is 6.33 Å². The van der Waals surface area contributed by atoms with E-state index in [1.165, 1.54) is 5.56 Å². The molecule has 2 aromatic rings. The molecule has 3 rings (SSSR count). The van der Waals surface area contributed by atoms with Crippen LogP contribution in [0.1, 0.15) is 31.3 Å². The number of nitrogens with zero attached hydrogens (tertiary/aromatic N) is 4. The zero-order valence-electron chi connectivity index (χ0n) is 13.4. The smallest absolute Gasteiger partial charge is 0.141 e. The summed E-state index contributed by atoms with van der Waals surface area (Å²) in [4.78, 5) is 6.99. The minimum atomic E-state index is 0.402. The average Bonchev–Trinajstić information content (AvgIpc) is 2.95. The first kappa shape index (κ1) is 15.2. The Morgan fingerprint density at radius 3 is 2.86 bits per heavy atom. The minimum absolute atomic E-state index is 0.402. The highest BCUT2D eigenvalue weighted by Gasteiger charge is 2.25. The summed E-state index contributed by atoms with van der Waals surface area (Å²) in [5.74, 6) is 1.64. The fourth-order valence-electron chi connectivity index (χ4n) is 3.03. The van der Waals surface area contributed by atoms with Crippen LogP contribution in [0.2, 0.25) is 0 Å². The van der Waals surface area contributed by atoms with Gasteiger partial charge in [0.15, 0.2) is 0 Å². The van der Waals surface area contributed by atoms with Crippen LogP contribution in [0, 0.1) is 5.92 Å². The van der Waals surface area contributed by atoms with Crippen LogP contribution in [0.25, 0.3) is 0 Å². The van der Waals surface area contributed by atoms with Gasteiger partial charge in [-0.25, -0.2) is 9.67 Å². The molecule has 1 unspecified atom stereocenters. The Morgan fingerprint density at radius 1 is 1.27 bits per heavy atom. The molecule has 0 spiro atoms. The monoisotopic (exact) mass is 299 g/mol. The van der Waals surface area contributed by atoms with Crippen LogP contribution in [0.3, 0.4) is 0 Å². The first-order valence-corrected chi connectivity index (χ1v) is 8.10. The Hall–Kier alpha value is -1.72. The van der Waals surface area contributed by atoms with Crippen LogP contribution in [0.15, 0.2) is 36.7 Å². The van der Waals surface area contributed by atoms with Gasteiger partial charge in [-0.05, 0) is 11.5 Å². The first-order chi connectivity index (χ1) is 10.7. The highest BCUT2D eigenvalue weighted by Crippen LogP contribution is 2.23. The van der Waals surface area contributed by atoms with Gasteiger partial charge >= 0.3 is 0 Å². The van der Waals surface area contributed by atoms with Crippen LogP contribution in [0.4, 0.5) is 0 Å². The van der Waals surface area contributed by atoms with Crippen LogP contribution < -0.4 is 5.32 Å². The van der Waals surface area contributed by atoms with E-state index in [0.29, 0.717) is 12.0 Å². The molecule has 22 heavy (non-hydrogen) atoms. The topological polar surface area (TPSA) is 46.0 Å². The second-order valence-electron chi connectivity index (χ2n) is 6.35. The number of piperazine rings is 1. The Kier molecular flexibility index (Phi) is 4.85. The van der Waals surface area contributed by atoms with Gasteiger partial charge in [0.1, 0.15) is 12.2 Å². The van der Waals surface area contributed by atoms with Gasteiger partial charge in [-0.1, -0.05) is 44.2 Å². The summed E-state index contributed by atoms with van der Waals surface area (Å²) in [7, 11) is 0. The molecule has 1 N–H and O–H groups in total. The molecular weight excluding hydrogens is 274 g/mol. The van der Waals surface area contributed by atoms with Crippen molar-refractivity contribution < 1.29 is 0 Å². The van der Waals surface area contributed by atoms with E-state index < -0.39 is 0 Å². The fourth-order valence-corrected chi connectivity index (χ4v) is 3.03. The van der Waals surface area contributed by atoms with Crippen LogP contribution in [0.5, 0.6) is 0 Å². The molecule has 5 heteroatoms. The maximum absolute atomic E-state index is 4.48. The summed E-state index contributed by atoms with van der Waals surface area (Å²) in [5, 5.41) is 7.89. The van der Waals surface area contributed by atoms with Crippen LogP contribution in [-0.4, -0.2) is 39.3 Å². The van der Waals surface area contributed by atoms with E-state index in [0.717, 1.165) is 38.5 Å². The third-order valence-electron chi connectivity index (χ3n) is 4.12. The van der Waals surface area contributed by atoms with Gasteiger partial charge in [-0.3, -0.25) is 4.90 Å². The van der Waals surface area contributed by atoms with E-state index in [2.05, 4.69) is 69.2 Å². The lowest BCUT2D eigenvalue weighted by Gasteiger charge is -2.36. The quantitative estimate of drug-likeness (QED) is 0.918. The zero-order chi connectivity index (χ0) is 15.4. The molecule has 1 aromatic carbocycles. The van der Waals surface area contributed by atoms with Gasteiger partial charge < -0.3 is 5.32 Å². The highest BCUT2D eigenvalue weighted by atomic mass is 15.4. The number of hydrogen-bond acceptors (Lipinski definition) is 4. The Bertz CT molecular complexity index is 578. The van der Waals surface area contributed by atoms with Gasteiger partial charge in [-0.2, -0.15) is 5.10 Å². The molecule has 5 nitrogen and oxygen atoms in total. The standard InChI is InChI=1S/C17H25N5/c1-14(2)11-22-17(19-13-20-22)12-21-9-8-18-10-16(21)15-6-4-3-5-7-15/h3-7,13-14,16,18H,8-12H2,1-2H3. The number of aromatic nitrogens is 3. The lowest BCUT2D eigenvalue weighted by atomic mass is 10.0. The third-order valence-corrected chi connectivity index (χ3v) is 4.12. The molecule has 1 aromatic heterocycles. The maximum atomic E-state index is 4.48. The SMILES string of the molecule is CC(C)Cn1ncnc1CN1CCNCC1c1ccccc1. The molecule has 0 aliphatic carbocycles. The predicted molar refractivity (Wildman–Crippen MR) is 87.3 cm³/mol. The van der Waals surface area contributed by atoms with Gasteiger partial charge in [0.2, 0.25) is 0 Å². The maximum Gasteiger partial charge on any atom is 0.141 e. The molecule has 1 atom stereocenters. The van der Waals surface area contributed by atoms with Crippen molar-refractivity contribution in [2.75, 3.05) is 19.6 Å². The van der Waals surface area contributed by atoms with Gasteiger partial charge in [0.05, 0.1) is 6.54 Å². The predicted octanol–water partition coefficient (Wildman–Crippen LogP) is 2.08. The van der Waals surface area contributed by atoms with E-state index in [4.69, 9.17) is 0 Å². The molecule has 1 fully saturated rings. The van der Waals surface area contributed by atoms with Crippen molar-refractivity contribution in [1.82, 2.24) is 25.0 Å². The number of nitrogens with one attached hydrogen (secondary N) is 1. The molecule has 1 aliphatic heterocycles. The Morgan fingerprint density at radius 2 is 2.09 bits per heavy atom. The van der Waals surface area contributed by atoms with E-state index in [9.17, 15) is 0 Å². The molecule has 118 valence electrons. The summed E-state index contributed by atoms with van der Waals surface area (Å²) >= 11 is 0. The van der Waals surface area contributed by atoms with Crippen molar-refractivity contribution in [1.29, 1.82) is 0 Å². The molecule has 0 bridgehead atoms. The fraction of sp³-hybridized carbons (Fsp3) is 0.529. The van der Waals surface area contributed by atoms with E-state index in [-0.39, 0.29) is 0 Å². The number of hydrogen-bond donors (Lipinski definition) is 1. The summed E-state index contributed by atoms with van der Waals surface area (Å²) in [6.45, 7) is 9.26. The molecule has 2 heterocycles. The molecule has 1 aliphatic rings. The summed E-state index contributed by atoms with van der Waals surface area (Å²) < 4.78 is 2.05. The van der Waals surface area contributed by atoms with Crippen molar-refractivity contribution in [3.8, 4) is 0 Å². The summed E-state index contributed by atoms with van der Waals surface area (Å²) in [5.41, 5.74) is 1.37. The normalized spacial score (nSPS) is 19.7. The zero-order valence-corrected chi connectivity index (χ0v) is 13.4. The van der Waals surface area contributed by atoms with Crippen LogP contribution >= 0.6 is 0 Å². The van der Waals surface area contributed by atoms with Crippen LogP contribution in [-0.2, 0) is 13.1 Å². The van der Waals surface area contributed by atoms with Crippen molar-refractivity contribution in [2.45, 2.75) is 33.0 Å². The lowest BCUT2D eigenvalue weighted by Crippen LogP contribution is -2.45. The molecule has 0 radical (unpaired) electrons. The molecule has 0 saturated carbocycles. The van der Waals surface area contributed by atoms with Crippen molar-refractivity contribution in [2.24, 2.45) is 5.92 Å².